The summed E-state index contributed by atoms with van der Waals surface area (Å²) in [6.07, 6.45) is 4.76. The van der Waals surface area contributed by atoms with E-state index < -0.39 is 17.7 Å². The Kier molecular flexibility index (Phi) is 5.80. The van der Waals surface area contributed by atoms with Crippen LogP contribution in [0.3, 0.4) is 0 Å². The zero-order chi connectivity index (χ0) is 27.5. The average molecular weight is 541 g/mol. The summed E-state index contributed by atoms with van der Waals surface area (Å²) in [5.74, 6) is -1.23. The molecule has 0 unspecified atom stereocenters. The molecule has 2 fully saturated rings. The van der Waals surface area contributed by atoms with Gasteiger partial charge in [-0.15, -0.1) is 0 Å². The minimum atomic E-state index is -0.847. The van der Waals surface area contributed by atoms with Gasteiger partial charge in [0, 0.05) is 49.6 Å². The van der Waals surface area contributed by atoms with Crippen LogP contribution in [-0.4, -0.2) is 61.1 Å². The van der Waals surface area contributed by atoms with Gasteiger partial charge >= 0.3 is 5.97 Å². The van der Waals surface area contributed by atoms with E-state index in [0.717, 1.165) is 30.5 Å². The third kappa shape index (κ3) is 4.18. The molecule has 3 aliphatic rings. The van der Waals surface area contributed by atoms with E-state index >= 15 is 4.39 Å². The molecular formula is C30H29FN6O3. The minimum Gasteiger partial charge on any atom is -0.481 e. The number of pyridine rings is 1. The molecule has 9 nitrogen and oxygen atoms in total. The highest BCUT2D eigenvalue weighted by molar-refractivity contribution is 5.93. The first-order chi connectivity index (χ1) is 19.4. The highest BCUT2D eigenvalue weighted by Gasteiger charge is 2.33. The first kappa shape index (κ1) is 24.7. The Hall–Kier alpha value is -4.34. The lowest BCUT2D eigenvalue weighted by atomic mass is 9.93. The Bertz CT molecular complexity index is 1660. The van der Waals surface area contributed by atoms with Gasteiger partial charge in [0.05, 0.1) is 23.2 Å². The zero-order valence-electron chi connectivity index (χ0n) is 22.1. The van der Waals surface area contributed by atoms with Gasteiger partial charge in [-0.2, -0.15) is 5.10 Å². The van der Waals surface area contributed by atoms with Gasteiger partial charge in [0.2, 0.25) is 0 Å². The second kappa shape index (κ2) is 9.39. The van der Waals surface area contributed by atoms with Gasteiger partial charge < -0.3 is 14.9 Å². The molecule has 40 heavy (non-hydrogen) atoms. The maximum Gasteiger partial charge on any atom is 0.308 e. The normalized spacial score (nSPS) is 20.6. The summed E-state index contributed by atoms with van der Waals surface area (Å²) >= 11 is 0. The molecular weight excluding hydrogens is 511 g/mol. The topological polar surface area (TPSA) is 104 Å². The molecule has 0 bridgehead atoms. The predicted molar refractivity (Wildman–Crippen MR) is 146 cm³/mol. The summed E-state index contributed by atoms with van der Waals surface area (Å²) in [5, 5.41) is 14.0. The molecule has 2 aliphatic heterocycles. The number of carboxylic acids is 1. The van der Waals surface area contributed by atoms with Gasteiger partial charge in [0.1, 0.15) is 17.3 Å². The number of benzene rings is 1. The summed E-state index contributed by atoms with van der Waals surface area (Å²) in [7, 11) is 0. The van der Waals surface area contributed by atoms with E-state index in [2.05, 4.69) is 29.1 Å². The fraction of sp³-hybridized carbons (Fsp3) is 0.367. The van der Waals surface area contributed by atoms with Crippen LogP contribution in [-0.2, 0) is 11.2 Å². The van der Waals surface area contributed by atoms with Crippen molar-refractivity contribution in [3.8, 4) is 11.3 Å². The van der Waals surface area contributed by atoms with Gasteiger partial charge in [0.25, 0.3) is 5.91 Å². The number of anilines is 1. The number of carbonyl (C=O) groups is 2. The molecule has 204 valence electrons. The minimum absolute atomic E-state index is 0.0552. The van der Waals surface area contributed by atoms with Crippen molar-refractivity contribution in [1.82, 2.24) is 24.5 Å². The highest BCUT2D eigenvalue weighted by atomic mass is 19.1. The first-order valence-electron chi connectivity index (χ1n) is 13.8. The van der Waals surface area contributed by atoms with Crippen molar-refractivity contribution in [3.63, 3.8) is 0 Å². The van der Waals surface area contributed by atoms with Gasteiger partial charge in [-0.3, -0.25) is 9.59 Å². The number of aliphatic carboxylic acids is 1. The fourth-order valence-corrected chi connectivity index (χ4v) is 6.06. The maximum absolute atomic E-state index is 15.3. The molecule has 5 heterocycles. The highest BCUT2D eigenvalue weighted by Crippen LogP contribution is 2.41. The van der Waals surface area contributed by atoms with Crippen molar-refractivity contribution in [2.45, 2.75) is 44.6 Å². The molecule has 1 aliphatic carbocycles. The van der Waals surface area contributed by atoms with Crippen molar-refractivity contribution in [2.24, 2.45) is 5.92 Å². The number of halogens is 1. The molecule has 10 heteroatoms. The fourth-order valence-electron chi connectivity index (χ4n) is 6.06. The predicted octanol–water partition coefficient (Wildman–Crippen LogP) is 4.48. The molecule has 3 aromatic heterocycles. The molecule has 1 aromatic carbocycles. The second-order valence-corrected chi connectivity index (χ2v) is 11.1. The molecule has 1 N–H and O–H groups in total. The Labute approximate surface area is 230 Å². The lowest BCUT2D eigenvalue weighted by molar-refractivity contribution is -0.140. The van der Waals surface area contributed by atoms with E-state index in [1.54, 1.807) is 15.5 Å². The van der Waals surface area contributed by atoms with Crippen LogP contribution in [0.1, 0.15) is 65.5 Å². The zero-order valence-corrected chi connectivity index (χ0v) is 22.1. The number of fused-ring (bicyclic) bond motifs is 2. The number of nitrogens with zero attached hydrogens (tertiary/aromatic N) is 6. The molecule has 4 aromatic rings. The van der Waals surface area contributed by atoms with Crippen LogP contribution in [0.5, 0.6) is 0 Å². The van der Waals surface area contributed by atoms with Gasteiger partial charge in [-0.05, 0) is 49.8 Å². The second-order valence-electron chi connectivity index (χ2n) is 11.1. The van der Waals surface area contributed by atoms with Crippen molar-refractivity contribution in [1.29, 1.82) is 0 Å². The Balaban J connectivity index is 1.21. The van der Waals surface area contributed by atoms with Crippen LogP contribution in [0.25, 0.3) is 16.9 Å². The van der Waals surface area contributed by atoms with Crippen LogP contribution in [0.15, 0.2) is 48.7 Å². The molecule has 0 spiro atoms. The van der Waals surface area contributed by atoms with Crippen molar-refractivity contribution in [2.75, 3.05) is 24.5 Å². The number of amides is 1. The largest absolute Gasteiger partial charge is 0.481 e. The summed E-state index contributed by atoms with van der Waals surface area (Å²) in [6, 6.07) is 13.1. The van der Waals surface area contributed by atoms with Gasteiger partial charge in [-0.1, -0.05) is 24.3 Å². The Morgan fingerprint density at radius 3 is 2.65 bits per heavy atom. The lowest BCUT2D eigenvalue weighted by Crippen LogP contribution is -2.39. The van der Waals surface area contributed by atoms with E-state index in [0.29, 0.717) is 48.9 Å². The quantitative estimate of drug-likeness (QED) is 0.398. The van der Waals surface area contributed by atoms with Crippen LogP contribution in [0.4, 0.5) is 10.2 Å². The third-order valence-corrected chi connectivity index (χ3v) is 8.50. The van der Waals surface area contributed by atoms with E-state index in [-0.39, 0.29) is 23.4 Å². The smallest absolute Gasteiger partial charge is 0.308 e. The Morgan fingerprint density at radius 2 is 1.90 bits per heavy atom. The van der Waals surface area contributed by atoms with Crippen molar-refractivity contribution >= 4 is 23.3 Å². The van der Waals surface area contributed by atoms with E-state index in [1.807, 2.05) is 23.1 Å². The average Bonchev–Trinajstić information content (AvgIpc) is 3.51. The molecule has 0 radical (unpaired) electrons. The summed E-state index contributed by atoms with van der Waals surface area (Å²) in [5.41, 5.74) is 4.85. The monoisotopic (exact) mass is 540 g/mol. The molecule has 7 rings (SSSR count). The maximum atomic E-state index is 15.3. The number of hydrogen-bond donors (Lipinski definition) is 1. The Morgan fingerprint density at radius 1 is 1.07 bits per heavy atom. The lowest BCUT2D eigenvalue weighted by Gasteiger charge is -2.35. The SMILES string of the molecule is C[C@@H]1c2ccccc2CCN1C(=O)c1cc(C2CC2)n2nc(-c3cnc(N4CC[C@H](C(=O)O)C4)cc3F)cc2n1. The number of aromatic nitrogens is 4. The molecule has 1 saturated heterocycles. The number of carbonyl (C=O) groups excluding carboxylic acids is 1. The number of hydrogen-bond acceptors (Lipinski definition) is 6. The van der Waals surface area contributed by atoms with Crippen LogP contribution >= 0.6 is 0 Å². The summed E-state index contributed by atoms with van der Waals surface area (Å²) < 4.78 is 17.1. The van der Waals surface area contributed by atoms with Gasteiger partial charge in [-0.25, -0.2) is 18.9 Å². The van der Waals surface area contributed by atoms with E-state index in [1.165, 1.54) is 17.8 Å². The van der Waals surface area contributed by atoms with Crippen LogP contribution < -0.4 is 4.90 Å². The number of carboxylic acid groups (broad SMARTS) is 1. The van der Waals surface area contributed by atoms with Gasteiger partial charge in [0.15, 0.2) is 5.65 Å². The summed E-state index contributed by atoms with van der Waals surface area (Å²) in [4.78, 5) is 37.8. The third-order valence-electron chi connectivity index (χ3n) is 8.50. The summed E-state index contributed by atoms with van der Waals surface area (Å²) in [6.45, 7) is 3.50. The number of rotatable bonds is 5. The van der Waals surface area contributed by atoms with E-state index in [4.69, 9.17) is 4.98 Å². The molecule has 1 saturated carbocycles. The van der Waals surface area contributed by atoms with Crippen molar-refractivity contribution in [3.05, 3.63) is 77.0 Å². The van der Waals surface area contributed by atoms with Crippen molar-refractivity contribution < 1.29 is 19.1 Å². The van der Waals surface area contributed by atoms with Crippen LogP contribution in [0.2, 0.25) is 0 Å². The standard InChI is InChI=1S/C30H29FN6O3/c1-17-21-5-3-2-4-18(21)9-11-36(17)29(38)25-13-26(19-6-7-19)37-28(33-25)14-24(34-37)22-15-32-27(12-23(22)31)35-10-8-20(16-35)30(39)40/h2-5,12-15,17,19-20H,6-11,16H2,1H3,(H,39,40)/t17-,20+/m1/s1. The molecule has 2 atom stereocenters. The van der Waals surface area contributed by atoms with E-state index in [9.17, 15) is 14.7 Å². The van der Waals surface area contributed by atoms with Crippen LogP contribution in [0, 0.1) is 11.7 Å². The first-order valence-corrected chi connectivity index (χ1v) is 13.8. The molecule has 1 amide bonds.